The number of aromatic nitrogens is 4. The van der Waals surface area contributed by atoms with E-state index < -0.39 is 0 Å². The minimum atomic E-state index is -0.383. The van der Waals surface area contributed by atoms with Crippen molar-refractivity contribution in [2.24, 2.45) is 0 Å². The van der Waals surface area contributed by atoms with Gasteiger partial charge in [-0.3, -0.25) is 9.89 Å². The van der Waals surface area contributed by atoms with E-state index in [4.69, 9.17) is 9.26 Å². The summed E-state index contributed by atoms with van der Waals surface area (Å²) >= 11 is 0. The van der Waals surface area contributed by atoms with Gasteiger partial charge in [-0.2, -0.15) is 10.1 Å². The summed E-state index contributed by atoms with van der Waals surface area (Å²) in [6.45, 7) is 5.22. The molecule has 0 bridgehead atoms. The molecule has 1 aliphatic rings. The molecule has 0 saturated carbocycles. The van der Waals surface area contributed by atoms with Gasteiger partial charge in [0, 0.05) is 18.0 Å². The SMILES string of the molecule is CC(C)c1nc([C@@H]2COCCN2C(=O)c2cc(-c3ccccc3)n[nH]2)no1. The van der Waals surface area contributed by atoms with Gasteiger partial charge in [0.05, 0.1) is 18.9 Å². The molecule has 1 aromatic carbocycles. The first-order valence-electron chi connectivity index (χ1n) is 8.96. The number of carbonyl (C=O) groups is 1. The summed E-state index contributed by atoms with van der Waals surface area (Å²) in [5.41, 5.74) is 2.10. The molecule has 3 aromatic rings. The predicted molar refractivity (Wildman–Crippen MR) is 97.0 cm³/mol. The van der Waals surface area contributed by atoms with E-state index >= 15 is 0 Å². The Balaban J connectivity index is 1.58. The number of hydrogen-bond donors (Lipinski definition) is 1. The van der Waals surface area contributed by atoms with E-state index in [0.717, 1.165) is 11.3 Å². The van der Waals surface area contributed by atoms with Gasteiger partial charge in [0.15, 0.2) is 5.82 Å². The third kappa shape index (κ3) is 3.48. The topological polar surface area (TPSA) is 97.1 Å². The van der Waals surface area contributed by atoms with Crippen LogP contribution in [0.1, 0.15) is 48.0 Å². The van der Waals surface area contributed by atoms with Crippen molar-refractivity contribution in [3.8, 4) is 11.3 Å². The number of nitrogens with one attached hydrogen (secondary N) is 1. The highest BCUT2D eigenvalue weighted by atomic mass is 16.5. The third-order valence-corrected chi connectivity index (χ3v) is 4.52. The highest BCUT2D eigenvalue weighted by molar-refractivity contribution is 5.93. The van der Waals surface area contributed by atoms with E-state index in [9.17, 15) is 4.79 Å². The number of amides is 1. The zero-order chi connectivity index (χ0) is 18.8. The summed E-state index contributed by atoms with van der Waals surface area (Å²) in [6.07, 6.45) is 0. The normalized spacial score (nSPS) is 17.4. The summed E-state index contributed by atoms with van der Waals surface area (Å²) in [6, 6.07) is 11.1. The quantitative estimate of drug-likeness (QED) is 0.761. The lowest BCUT2D eigenvalue weighted by Gasteiger charge is -2.33. The molecule has 0 aliphatic carbocycles. The first kappa shape index (κ1) is 17.4. The first-order valence-corrected chi connectivity index (χ1v) is 8.96. The molecule has 140 valence electrons. The maximum atomic E-state index is 13.1. The van der Waals surface area contributed by atoms with Gasteiger partial charge in [0.25, 0.3) is 5.91 Å². The summed E-state index contributed by atoms with van der Waals surface area (Å²) in [5, 5.41) is 11.2. The Morgan fingerprint density at radius 1 is 1.30 bits per heavy atom. The van der Waals surface area contributed by atoms with Crippen LogP contribution >= 0.6 is 0 Å². The number of hydrogen-bond acceptors (Lipinski definition) is 6. The van der Waals surface area contributed by atoms with E-state index in [1.165, 1.54) is 0 Å². The summed E-state index contributed by atoms with van der Waals surface area (Å²) < 4.78 is 10.9. The van der Waals surface area contributed by atoms with Crippen molar-refractivity contribution in [2.75, 3.05) is 19.8 Å². The number of carbonyl (C=O) groups excluding carboxylic acids is 1. The van der Waals surface area contributed by atoms with Gasteiger partial charge >= 0.3 is 0 Å². The van der Waals surface area contributed by atoms with Crippen LogP contribution in [0.4, 0.5) is 0 Å². The molecule has 0 spiro atoms. The molecule has 0 radical (unpaired) electrons. The molecule has 1 amide bonds. The molecule has 8 heteroatoms. The number of benzene rings is 1. The largest absolute Gasteiger partial charge is 0.377 e. The van der Waals surface area contributed by atoms with E-state index in [1.54, 1.807) is 11.0 Å². The van der Waals surface area contributed by atoms with Crippen LogP contribution in [0.5, 0.6) is 0 Å². The molecule has 1 saturated heterocycles. The Morgan fingerprint density at radius 3 is 2.85 bits per heavy atom. The predicted octanol–water partition coefficient (Wildman–Crippen LogP) is 2.80. The minimum absolute atomic E-state index is 0.126. The van der Waals surface area contributed by atoms with Gasteiger partial charge in [0.2, 0.25) is 5.89 Å². The van der Waals surface area contributed by atoms with Crippen molar-refractivity contribution in [3.05, 3.63) is 53.8 Å². The first-order chi connectivity index (χ1) is 13.1. The van der Waals surface area contributed by atoms with Crippen LogP contribution in [0.15, 0.2) is 40.9 Å². The Kier molecular flexibility index (Phi) is 4.72. The van der Waals surface area contributed by atoms with Gasteiger partial charge in [-0.1, -0.05) is 49.3 Å². The molecule has 1 aliphatic heterocycles. The summed E-state index contributed by atoms with van der Waals surface area (Å²) in [4.78, 5) is 19.2. The highest BCUT2D eigenvalue weighted by Crippen LogP contribution is 2.26. The molecule has 3 heterocycles. The standard InChI is InChI=1S/C19H21N5O3/c1-12(2)18-20-17(23-27-18)16-11-26-9-8-24(16)19(25)15-10-14(21-22-15)13-6-4-3-5-7-13/h3-7,10,12,16H,8-9,11H2,1-2H3,(H,21,22)/t16-/m0/s1. The average molecular weight is 367 g/mol. The van der Waals surface area contributed by atoms with E-state index in [-0.39, 0.29) is 17.9 Å². The molecule has 0 unspecified atom stereocenters. The van der Waals surface area contributed by atoms with Crippen LogP contribution in [-0.4, -0.2) is 50.9 Å². The van der Waals surface area contributed by atoms with Crippen LogP contribution in [0, 0.1) is 0 Å². The monoisotopic (exact) mass is 367 g/mol. The zero-order valence-corrected chi connectivity index (χ0v) is 15.3. The van der Waals surface area contributed by atoms with Crippen LogP contribution in [0.3, 0.4) is 0 Å². The molecular weight excluding hydrogens is 346 g/mol. The second-order valence-corrected chi connectivity index (χ2v) is 6.77. The van der Waals surface area contributed by atoms with Crippen LogP contribution < -0.4 is 0 Å². The van der Waals surface area contributed by atoms with Gasteiger partial charge in [-0.15, -0.1) is 0 Å². The van der Waals surface area contributed by atoms with Crippen molar-refractivity contribution in [2.45, 2.75) is 25.8 Å². The van der Waals surface area contributed by atoms with Gasteiger partial charge in [-0.05, 0) is 6.07 Å². The van der Waals surface area contributed by atoms with Gasteiger partial charge < -0.3 is 14.2 Å². The van der Waals surface area contributed by atoms with E-state index in [2.05, 4.69) is 20.3 Å². The van der Waals surface area contributed by atoms with Crippen LogP contribution in [-0.2, 0) is 4.74 Å². The van der Waals surface area contributed by atoms with Crippen molar-refractivity contribution in [1.29, 1.82) is 0 Å². The van der Waals surface area contributed by atoms with E-state index in [1.807, 2.05) is 44.2 Å². The van der Waals surface area contributed by atoms with Crippen LogP contribution in [0.25, 0.3) is 11.3 Å². The highest BCUT2D eigenvalue weighted by Gasteiger charge is 2.33. The number of aromatic amines is 1. The maximum absolute atomic E-state index is 13.1. The Labute approximate surface area is 156 Å². The number of nitrogens with zero attached hydrogens (tertiary/aromatic N) is 4. The fourth-order valence-electron chi connectivity index (χ4n) is 3.02. The second-order valence-electron chi connectivity index (χ2n) is 6.77. The smallest absolute Gasteiger partial charge is 0.272 e. The minimum Gasteiger partial charge on any atom is -0.377 e. The lowest BCUT2D eigenvalue weighted by molar-refractivity contribution is -0.00607. The Hall–Kier alpha value is -3.00. The van der Waals surface area contributed by atoms with Crippen molar-refractivity contribution in [3.63, 3.8) is 0 Å². The average Bonchev–Trinajstić information content (AvgIpc) is 3.38. The number of H-pyrrole nitrogens is 1. The fourth-order valence-corrected chi connectivity index (χ4v) is 3.02. The molecule has 1 fully saturated rings. The molecular formula is C19H21N5O3. The fraction of sp³-hybridized carbons (Fsp3) is 0.368. The number of rotatable bonds is 4. The van der Waals surface area contributed by atoms with Gasteiger partial charge in [-0.25, -0.2) is 0 Å². The lowest BCUT2D eigenvalue weighted by atomic mass is 10.1. The number of morpholine rings is 1. The van der Waals surface area contributed by atoms with Crippen molar-refractivity contribution in [1.82, 2.24) is 25.2 Å². The molecule has 4 rings (SSSR count). The lowest BCUT2D eigenvalue weighted by Crippen LogP contribution is -2.44. The number of ether oxygens (including phenoxy) is 1. The van der Waals surface area contributed by atoms with E-state index in [0.29, 0.717) is 37.2 Å². The molecule has 27 heavy (non-hydrogen) atoms. The second kappa shape index (κ2) is 7.32. The molecule has 1 atom stereocenters. The van der Waals surface area contributed by atoms with Crippen molar-refractivity contribution >= 4 is 5.91 Å². The molecule has 2 aromatic heterocycles. The summed E-state index contributed by atoms with van der Waals surface area (Å²) in [5.74, 6) is 0.986. The third-order valence-electron chi connectivity index (χ3n) is 4.52. The maximum Gasteiger partial charge on any atom is 0.272 e. The Morgan fingerprint density at radius 2 is 2.11 bits per heavy atom. The molecule has 8 nitrogen and oxygen atoms in total. The van der Waals surface area contributed by atoms with Gasteiger partial charge in [0.1, 0.15) is 11.7 Å². The zero-order valence-electron chi connectivity index (χ0n) is 15.3. The molecule has 1 N–H and O–H groups in total. The van der Waals surface area contributed by atoms with Crippen molar-refractivity contribution < 1.29 is 14.1 Å². The Bertz CT molecular complexity index is 918. The van der Waals surface area contributed by atoms with Crippen LogP contribution in [0.2, 0.25) is 0 Å². The summed E-state index contributed by atoms with van der Waals surface area (Å²) in [7, 11) is 0.